The first-order valence-corrected chi connectivity index (χ1v) is 4.10. The number of hydrogen-bond donors (Lipinski definition) is 3. The number of rotatable bonds is 4. The molecule has 0 saturated heterocycles. The van der Waals surface area contributed by atoms with E-state index in [1.54, 1.807) is 0 Å². The van der Waals surface area contributed by atoms with Gasteiger partial charge >= 0.3 is 18.2 Å². The molecule has 0 heterocycles. The summed E-state index contributed by atoms with van der Waals surface area (Å²) in [5.41, 5.74) is 0. The van der Waals surface area contributed by atoms with Gasteiger partial charge in [-0.05, 0) is 0 Å². The number of carbonyl (C=O) groups is 2. The molecule has 16 heavy (non-hydrogen) atoms. The molecule has 0 unspecified atom stereocenters. The number of aliphatic hydroxyl groups excluding tert-OH is 1. The summed E-state index contributed by atoms with van der Waals surface area (Å²) in [5.74, 6) is -1.57. The maximum Gasteiger partial charge on any atom is 0.406 e. The number of hydrogen-bond acceptors (Lipinski definition) is 3. The molecule has 0 aromatic carbocycles. The molecule has 0 aliphatic carbocycles. The standard InChI is InChI=1S/C7H11F3N2O4/c1-12(3-7(8,9)10)6(16)11-2-4(13)5(14)15/h4,13H,2-3H2,1H3,(H,11,16)(H,14,15)/t4-/m0/s1. The van der Waals surface area contributed by atoms with Gasteiger partial charge in [0.2, 0.25) is 0 Å². The zero-order valence-electron chi connectivity index (χ0n) is 8.28. The molecular weight excluding hydrogens is 233 g/mol. The Morgan fingerprint density at radius 2 is 1.94 bits per heavy atom. The highest BCUT2D eigenvalue weighted by molar-refractivity contribution is 5.76. The predicted octanol–water partition coefficient (Wildman–Crippen LogP) is -0.364. The average Bonchev–Trinajstić information content (AvgIpc) is 2.10. The Balaban J connectivity index is 4.02. The van der Waals surface area contributed by atoms with Gasteiger partial charge in [-0.1, -0.05) is 0 Å². The smallest absolute Gasteiger partial charge is 0.406 e. The number of aliphatic carboxylic acids is 1. The van der Waals surface area contributed by atoms with Crippen molar-refractivity contribution in [2.75, 3.05) is 20.1 Å². The second-order valence-corrected chi connectivity index (χ2v) is 3.01. The first-order chi connectivity index (χ1) is 7.13. The summed E-state index contributed by atoms with van der Waals surface area (Å²) in [4.78, 5) is 21.4. The Kier molecular flexibility index (Phi) is 5.02. The zero-order chi connectivity index (χ0) is 12.9. The lowest BCUT2D eigenvalue weighted by Gasteiger charge is -2.19. The number of carbonyl (C=O) groups excluding carboxylic acids is 1. The van der Waals surface area contributed by atoms with Crippen molar-refractivity contribution >= 4 is 12.0 Å². The van der Waals surface area contributed by atoms with Gasteiger partial charge in [-0.3, -0.25) is 0 Å². The van der Waals surface area contributed by atoms with Crippen LogP contribution in [0.3, 0.4) is 0 Å². The minimum Gasteiger partial charge on any atom is -0.479 e. The van der Waals surface area contributed by atoms with Gasteiger partial charge in [0, 0.05) is 7.05 Å². The topological polar surface area (TPSA) is 89.9 Å². The Morgan fingerprint density at radius 1 is 1.44 bits per heavy atom. The van der Waals surface area contributed by atoms with E-state index in [0.717, 1.165) is 7.05 Å². The lowest BCUT2D eigenvalue weighted by Crippen LogP contribution is -2.45. The molecule has 1 atom stereocenters. The Hall–Kier alpha value is -1.51. The first-order valence-electron chi connectivity index (χ1n) is 4.10. The van der Waals surface area contributed by atoms with Crippen molar-refractivity contribution < 1.29 is 33.0 Å². The second kappa shape index (κ2) is 5.54. The Morgan fingerprint density at radius 3 is 2.31 bits per heavy atom. The van der Waals surface area contributed by atoms with Gasteiger partial charge in [-0.25, -0.2) is 9.59 Å². The van der Waals surface area contributed by atoms with Gasteiger partial charge in [0.1, 0.15) is 6.54 Å². The van der Waals surface area contributed by atoms with Crippen molar-refractivity contribution in [1.29, 1.82) is 0 Å². The molecule has 0 aromatic heterocycles. The maximum absolute atomic E-state index is 11.8. The fourth-order valence-electron chi connectivity index (χ4n) is 0.747. The van der Waals surface area contributed by atoms with E-state index in [0.29, 0.717) is 4.90 Å². The van der Waals surface area contributed by atoms with Crippen LogP contribution in [0, 0.1) is 0 Å². The largest absolute Gasteiger partial charge is 0.479 e. The molecule has 9 heteroatoms. The molecule has 2 amide bonds. The third-order valence-corrected chi connectivity index (χ3v) is 1.49. The number of nitrogens with zero attached hydrogens (tertiary/aromatic N) is 1. The van der Waals surface area contributed by atoms with Crippen LogP contribution in [0.2, 0.25) is 0 Å². The van der Waals surface area contributed by atoms with Gasteiger partial charge < -0.3 is 20.4 Å². The van der Waals surface area contributed by atoms with Gasteiger partial charge in [-0.2, -0.15) is 13.2 Å². The lowest BCUT2D eigenvalue weighted by molar-refractivity contribution is -0.146. The molecule has 0 rings (SSSR count). The highest BCUT2D eigenvalue weighted by atomic mass is 19.4. The fraction of sp³-hybridized carbons (Fsp3) is 0.714. The summed E-state index contributed by atoms with van der Waals surface area (Å²) < 4.78 is 35.5. The van der Waals surface area contributed by atoms with Crippen LogP contribution in [0.5, 0.6) is 0 Å². The van der Waals surface area contributed by atoms with E-state index in [9.17, 15) is 22.8 Å². The minimum atomic E-state index is -4.53. The number of carboxylic acids is 1. The number of amides is 2. The molecular formula is C7H11F3N2O4. The Labute approximate surface area is 88.6 Å². The van der Waals surface area contributed by atoms with Gasteiger partial charge in [-0.15, -0.1) is 0 Å². The number of alkyl halides is 3. The van der Waals surface area contributed by atoms with Crippen LogP contribution in [0.15, 0.2) is 0 Å². The number of urea groups is 1. The van der Waals surface area contributed by atoms with E-state index in [1.807, 2.05) is 5.32 Å². The molecule has 0 spiro atoms. The normalized spacial score (nSPS) is 13.1. The number of carboxylic acid groups (broad SMARTS) is 1. The van der Waals surface area contributed by atoms with E-state index in [2.05, 4.69) is 0 Å². The van der Waals surface area contributed by atoms with Crippen molar-refractivity contribution in [1.82, 2.24) is 10.2 Å². The monoisotopic (exact) mass is 244 g/mol. The van der Waals surface area contributed by atoms with E-state index in [1.165, 1.54) is 0 Å². The van der Waals surface area contributed by atoms with E-state index in [4.69, 9.17) is 10.2 Å². The van der Waals surface area contributed by atoms with Crippen LogP contribution < -0.4 is 5.32 Å². The van der Waals surface area contributed by atoms with Gasteiger partial charge in [0.25, 0.3) is 0 Å². The summed E-state index contributed by atoms with van der Waals surface area (Å²) in [6, 6.07) is -1.11. The third-order valence-electron chi connectivity index (χ3n) is 1.49. The lowest BCUT2D eigenvalue weighted by atomic mass is 10.3. The van der Waals surface area contributed by atoms with Crippen LogP contribution >= 0.6 is 0 Å². The van der Waals surface area contributed by atoms with Gasteiger partial charge in [0.15, 0.2) is 6.10 Å². The molecule has 3 N–H and O–H groups in total. The highest BCUT2D eigenvalue weighted by Gasteiger charge is 2.31. The molecule has 0 radical (unpaired) electrons. The summed E-state index contributed by atoms with van der Waals surface area (Å²) in [7, 11) is 0.899. The molecule has 6 nitrogen and oxygen atoms in total. The van der Waals surface area contributed by atoms with Crippen molar-refractivity contribution in [3.8, 4) is 0 Å². The average molecular weight is 244 g/mol. The van der Waals surface area contributed by atoms with Crippen molar-refractivity contribution in [3.05, 3.63) is 0 Å². The van der Waals surface area contributed by atoms with Crippen LogP contribution in [0.25, 0.3) is 0 Å². The SMILES string of the molecule is CN(CC(F)(F)F)C(=O)NC[C@H](O)C(=O)O. The maximum atomic E-state index is 11.8. The van der Waals surface area contributed by atoms with E-state index < -0.39 is 37.4 Å². The number of nitrogens with one attached hydrogen (secondary N) is 1. The molecule has 0 saturated carbocycles. The minimum absolute atomic E-state index is 0.328. The van der Waals surface area contributed by atoms with Crippen LogP contribution in [0.4, 0.5) is 18.0 Å². The molecule has 0 fully saturated rings. The van der Waals surface area contributed by atoms with Crippen molar-refractivity contribution in [2.45, 2.75) is 12.3 Å². The molecule has 0 aromatic rings. The van der Waals surface area contributed by atoms with Crippen molar-refractivity contribution in [2.24, 2.45) is 0 Å². The summed E-state index contributed by atoms with van der Waals surface area (Å²) in [6.07, 6.45) is -6.37. The Bertz CT molecular complexity index is 269. The number of halogens is 3. The molecule has 94 valence electrons. The van der Waals surface area contributed by atoms with Crippen LogP contribution in [0.1, 0.15) is 0 Å². The van der Waals surface area contributed by atoms with E-state index in [-0.39, 0.29) is 0 Å². The van der Waals surface area contributed by atoms with E-state index >= 15 is 0 Å². The summed E-state index contributed by atoms with van der Waals surface area (Å²) in [5, 5.41) is 18.8. The third kappa shape index (κ3) is 6.06. The molecule has 0 aliphatic heterocycles. The molecule has 0 aliphatic rings. The summed E-state index contributed by atoms with van der Waals surface area (Å²) in [6.45, 7) is -2.11. The second-order valence-electron chi connectivity index (χ2n) is 3.01. The first kappa shape index (κ1) is 14.5. The zero-order valence-corrected chi connectivity index (χ0v) is 8.28. The highest BCUT2D eigenvalue weighted by Crippen LogP contribution is 2.15. The van der Waals surface area contributed by atoms with Crippen LogP contribution in [-0.4, -0.2) is 59.5 Å². The number of aliphatic hydroxyl groups is 1. The predicted molar refractivity (Wildman–Crippen MR) is 45.7 cm³/mol. The summed E-state index contributed by atoms with van der Waals surface area (Å²) >= 11 is 0. The van der Waals surface area contributed by atoms with Crippen molar-refractivity contribution in [3.63, 3.8) is 0 Å². The van der Waals surface area contributed by atoms with Gasteiger partial charge in [0.05, 0.1) is 6.54 Å². The van der Waals surface area contributed by atoms with Crippen LogP contribution in [-0.2, 0) is 4.79 Å². The fourth-order valence-corrected chi connectivity index (χ4v) is 0.747. The molecule has 0 bridgehead atoms. The quantitative estimate of drug-likeness (QED) is 0.629.